The first-order valence-electron chi connectivity index (χ1n) is 5.34. The van der Waals surface area contributed by atoms with Gasteiger partial charge in [-0.25, -0.2) is 9.97 Å². The van der Waals surface area contributed by atoms with Gasteiger partial charge < -0.3 is 5.73 Å². The molecule has 0 aliphatic heterocycles. The maximum Gasteiger partial charge on any atom is 0.137 e. The van der Waals surface area contributed by atoms with Crippen molar-refractivity contribution >= 4 is 27.4 Å². The van der Waals surface area contributed by atoms with Gasteiger partial charge in [-0.1, -0.05) is 20.8 Å². The Kier molecular flexibility index (Phi) is 2.42. The number of fused-ring (bicyclic) bond motifs is 1. The first-order chi connectivity index (χ1) is 7.30. The van der Waals surface area contributed by atoms with Gasteiger partial charge in [-0.3, -0.25) is 0 Å². The molecule has 0 bridgehead atoms. The van der Waals surface area contributed by atoms with Gasteiger partial charge in [0.05, 0.1) is 5.39 Å². The zero-order chi connectivity index (χ0) is 12.1. The van der Waals surface area contributed by atoms with E-state index < -0.39 is 0 Å². The molecule has 0 saturated carbocycles. The van der Waals surface area contributed by atoms with Gasteiger partial charge >= 0.3 is 0 Å². The highest BCUT2D eigenvalue weighted by Crippen LogP contribution is 2.33. The molecule has 2 N–H and O–H groups in total. The monoisotopic (exact) mass is 235 g/mol. The fourth-order valence-electron chi connectivity index (χ4n) is 1.62. The highest BCUT2D eigenvalue weighted by atomic mass is 32.1. The number of nitrogens with zero attached hydrogens (tertiary/aromatic N) is 2. The number of thiophene rings is 1. The van der Waals surface area contributed by atoms with E-state index in [4.69, 9.17) is 5.73 Å². The lowest BCUT2D eigenvalue weighted by atomic mass is 9.95. The summed E-state index contributed by atoms with van der Waals surface area (Å²) in [4.78, 5) is 11.3. The van der Waals surface area contributed by atoms with Crippen molar-refractivity contribution in [3.05, 3.63) is 16.3 Å². The zero-order valence-corrected chi connectivity index (χ0v) is 11.2. The molecule has 0 spiro atoms. The summed E-state index contributed by atoms with van der Waals surface area (Å²) in [6.07, 6.45) is 0. The number of aromatic nitrogens is 2. The summed E-state index contributed by atoms with van der Waals surface area (Å²) in [7, 11) is 0. The molecule has 0 amide bonds. The molecule has 16 heavy (non-hydrogen) atoms. The Morgan fingerprint density at radius 3 is 2.31 bits per heavy atom. The maximum absolute atomic E-state index is 6.02. The van der Waals surface area contributed by atoms with Crippen LogP contribution in [0.15, 0.2) is 0 Å². The normalized spacial score (nSPS) is 12.3. The van der Waals surface area contributed by atoms with Crippen LogP contribution in [0.4, 0.5) is 5.82 Å². The number of hydrogen-bond donors (Lipinski definition) is 1. The molecule has 0 saturated heterocycles. The molecule has 4 heteroatoms. The number of anilines is 1. The topological polar surface area (TPSA) is 51.8 Å². The zero-order valence-electron chi connectivity index (χ0n) is 10.4. The minimum atomic E-state index is -0.0614. The Morgan fingerprint density at radius 1 is 1.12 bits per heavy atom. The molecule has 0 aliphatic rings. The molecular formula is C12H17N3S. The Labute approximate surface area is 99.7 Å². The van der Waals surface area contributed by atoms with Gasteiger partial charge in [0.25, 0.3) is 0 Å². The third-order valence-electron chi connectivity index (χ3n) is 2.73. The van der Waals surface area contributed by atoms with E-state index in [1.54, 1.807) is 11.3 Å². The third-order valence-corrected chi connectivity index (χ3v) is 3.83. The van der Waals surface area contributed by atoms with E-state index in [1.165, 1.54) is 10.4 Å². The van der Waals surface area contributed by atoms with Gasteiger partial charge in [-0.15, -0.1) is 11.3 Å². The van der Waals surface area contributed by atoms with Gasteiger partial charge in [-0.05, 0) is 19.4 Å². The summed E-state index contributed by atoms with van der Waals surface area (Å²) in [5.74, 6) is 1.43. The number of nitrogen functional groups attached to an aromatic ring is 1. The van der Waals surface area contributed by atoms with Crippen molar-refractivity contribution < 1.29 is 0 Å². The second kappa shape index (κ2) is 3.42. The lowest BCUT2D eigenvalue weighted by Gasteiger charge is -2.16. The van der Waals surface area contributed by atoms with E-state index in [0.717, 1.165) is 16.0 Å². The highest BCUT2D eigenvalue weighted by molar-refractivity contribution is 7.18. The molecule has 0 unspecified atom stereocenters. The van der Waals surface area contributed by atoms with E-state index in [2.05, 4.69) is 44.6 Å². The Bertz CT molecular complexity index is 549. The second-order valence-corrected chi connectivity index (χ2v) is 6.35. The first-order valence-corrected chi connectivity index (χ1v) is 6.16. The summed E-state index contributed by atoms with van der Waals surface area (Å²) < 4.78 is 0. The van der Waals surface area contributed by atoms with Crippen LogP contribution in [-0.2, 0) is 5.41 Å². The molecule has 0 aliphatic carbocycles. The molecule has 2 rings (SSSR count). The van der Waals surface area contributed by atoms with E-state index in [0.29, 0.717) is 5.82 Å². The van der Waals surface area contributed by atoms with Crippen molar-refractivity contribution in [2.24, 2.45) is 0 Å². The number of nitrogens with two attached hydrogens (primary N) is 1. The maximum atomic E-state index is 6.02. The molecule has 2 heterocycles. The van der Waals surface area contributed by atoms with E-state index >= 15 is 0 Å². The van der Waals surface area contributed by atoms with Gasteiger partial charge in [0, 0.05) is 10.3 Å². The van der Waals surface area contributed by atoms with E-state index in [9.17, 15) is 0 Å². The largest absolute Gasteiger partial charge is 0.383 e. The van der Waals surface area contributed by atoms with Crippen LogP contribution in [0, 0.1) is 13.8 Å². The standard InChI is InChI=1S/C12H17N3S/c1-6-7(2)16-10-8(6)9(13)14-11(15-10)12(3,4)5/h1-5H3,(H2,13,14,15). The van der Waals surface area contributed by atoms with Gasteiger partial charge in [0.1, 0.15) is 16.5 Å². The molecule has 86 valence electrons. The van der Waals surface area contributed by atoms with Crippen molar-refractivity contribution in [2.45, 2.75) is 40.0 Å². The minimum absolute atomic E-state index is 0.0614. The molecule has 2 aromatic rings. The number of hydrogen-bond acceptors (Lipinski definition) is 4. The molecule has 0 fully saturated rings. The summed E-state index contributed by atoms with van der Waals surface area (Å²) in [6.45, 7) is 10.5. The fourth-order valence-corrected chi connectivity index (χ4v) is 2.65. The van der Waals surface area contributed by atoms with Crippen LogP contribution >= 0.6 is 11.3 Å². The highest BCUT2D eigenvalue weighted by Gasteiger charge is 2.20. The molecule has 0 aromatic carbocycles. The Hall–Kier alpha value is -1.16. The fraction of sp³-hybridized carbons (Fsp3) is 0.500. The minimum Gasteiger partial charge on any atom is -0.383 e. The van der Waals surface area contributed by atoms with Crippen LogP contribution in [0.25, 0.3) is 10.2 Å². The average Bonchev–Trinajstić information content (AvgIpc) is 2.41. The molecule has 3 nitrogen and oxygen atoms in total. The van der Waals surface area contributed by atoms with E-state index in [-0.39, 0.29) is 5.41 Å². The predicted octanol–water partition coefficient (Wildman–Crippen LogP) is 3.19. The number of aryl methyl sites for hydroxylation is 2. The smallest absolute Gasteiger partial charge is 0.137 e. The van der Waals surface area contributed by atoms with Crippen molar-refractivity contribution in [1.82, 2.24) is 9.97 Å². The van der Waals surface area contributed by atoms with Crippen molar-refractivity contribution in [3.63, 3.8) is 0 Å². The number of rotatable bonds is 0. The predicted molar refractivity (Wildman–Crippen MR) is 70.0 cm³/mol. The summed E-state index contributed by atoms with van der Waals surface area (Å²) in [5.41, 5.74) is 7.17. The molecule has 0 atom stereocenters. The summed E-state index contributed by atoms with van der Waals surface area (Å²) in [5, 5.41) is 1.02. The quantitative estimate of drug-likeness (QED) is 0.763. The first kappa shape index (κ1) is 11.3. The van der Waals surface area contributed by atoms with Crippen LogP contribution in [-0.4, -0.2) is 9.97 Å². The second-order valence-electron chi connectivity index (χ2n) is 5.15. The van der Waals surface area contributed by atoms with Crippen LogP contribution in [0.5, 0.6) is 0 Å². The Balaban J connectivity index is 2.79. The van der Waals surface area contributed by atoms with Crippen molar-refractivity contribution in [3.8, 4) is 0 Å². The van der Waals surface area contributed by atoms with E-state index in [1.807, 2.05) is 0 Å². The lowest BCUT2D eigenvalue weighted by Crippen LogP contribution is -2.16. The van der Waals surface area contributed by atoms with Crippen LogP contribution in [0.1, 0.15) is 37.0 Å². The van der Waals surface area contributed by atoms with Gasteiger partial charge in [0.2, 0.25) is 0 Å². The molecular weight excluding hydrogens is 218 g/mol. The van der Waals surface area contributed by atoms with Crippen molar-refractivity contribution in [1.29, 1.82) is 0 Å². The molecule has 0 radical (unpaired) electrons. The summed E-state index contributed by atoms with van der Waals surface area (Å²) in [6, 6.07) is 0. The van der Waals surface area contributed by atoms with Crippen LogP contribution < -0.4 is 5.73 Å². The molecule has 2 aromatic heterocycles. The average molecular weight is 235 g/mol. The van der Waals surface area contributed by atoms with Crippen LogP contribution in [0.3, 0.4) is 0 Å². The lowest BCUT2D eigenvalue weighted by molar-refractivity contribution is 0.550. The summed E-state index contributed by atoms with van der Waals surface area (Å²) >= 11 is 1.69. The third kappa shape index (κ3) is 1.67. The van der Waals surface area contributed by atoms with Crippen LogP contribution in [0.2, 0.25) is 0 Å². The van der Waals surface area contributed by atoms with Crippen molar-refractivity contribution in [2.75, 3.05) is 5.73 Å². The Morgan fingerprint density at radius 2 is 1.75 bits per heavy atom. The van der Waals surface area contributed by atoms with Gasteiger partial charge in [0.15, 0.2) is 0 Å². The van der Waals surface area contributed by atoms with Gasteiger partial charge in [-0.2, -0.15) is 0 Å². The SMILES string of the molecule is Cc1sc2nc(C(C)(C)C)nc(N)c2c1C.